The van der Waals surface area contributed by atoms with Gasteiger partial charge in [-0.1, -0.05) is 26.7 Å². The van der Waals surface area contributed by atoms with Crippen LogP contribution in [0.4, 0.5) is 0 Å². The summed E-state index contributed by atoms with van der Waals surface area (Å²) in [4.78, 5) is 9.87. The van der Waals surface area contributed by atoms with Gasteiger partial charge in [-0.05, 0) is 63.6 Å². The fraction of sp³-hybridized carbons (Fsp3) is 0.952. The van der Waals surface area contributed by atoms with Crippen molar-refractivity contribution in [2.24, 2.45) is 16.8 Å². The molecule has 3 rings (SSSR count). The van der Waals surface area contributed by atoms with Gasteiger partial charge in [-0.15, -0.1) is 0 Å². The molecule has 5 heteroatoms. The van der Waals surface area contributed by atoms with Gasteiger partial charge in [0.25, 0.3) is 0 Å². The maximum Gasteiger partial charge on any atom is 0.191 e. The van der Waals surface area contributed by atoms with Gasteiger partial charge in [-0.25, -0.2) is 0 Å². The Morgan fingerprint density at radius 2 is 1.73 bits per heavy atom. The lowest BCUT2D eigenvalue weighted by molar-refractivity contribution is 0.161. The Bertz CT molecular complexity index is 438. The number of rotatable bonds is 7. The number of aliphatic imine (C=N–C) groups is 1. The molecule has 5 nitrogen and oxygen atoms in total. The molecule has 0 bridgehead atoms. The van der Waals surface area contributed by atoms with Crippen LogP contribution in [0.3, 0.4) is 0 Å². The second-order valence-corrected chi connectivity index (χ2v) is 8.98. The van der Waals surface area contributed by atoms with Crippen LogP contribution in [0.1, 0.15) is 58.8 Å². The van der Waals surface area contributed by atoms with Crippen LogP contribution in [-0.4, -0.2) is 74.2 Å². The molecule has 150 valence electrons. The van der Waals surface area contributed by atoms with E-state index in [1.54, 1.807) is 0 Å². The lowest BCUT2D eigenvalue weighted by atomic mass is 10.0. The van der Waals surface area contributed by atoms with Crippen LogP contribution < -0.4 is 10.6 Å². The van der Waals surface area contributed by atoms with E-state index < -0.39 is 0 Å². The first-order valence-electron chi connectivity index (χ1n) is 11.1. The van der Waals surface area contributed by atoms with Crippen molar-refractivity contribution in [3.8, 4) is 0 Å². The fourth-order valence-corrected chi connectivity index (χ4v) is 4.68. The summed E-state index contributed by atoms with van der Waals surface area (Å²) in [7, 11) is 1.90. The van der Waals surface area contributed by atoms with Crippen LogP contribution in [-0.2, 0) is 0 Å². The summed E-state index contributed by atoms with van der Waals surface area (Å²) in [5.74, 6) is 2.43. The van der Waals surface area contributed by atoms with Crippen molar-refractivity contribution in [2.45, 2.75) is 70.9 Å². The molecule has 26 heavy (non-hydrogen) atoms. The summed E-state index contributed by atoms with van der Waals surface area (Å²) in [6, 6.07) is 1.52. The standard InChI is InChI=1S/C21H41N5/c1-17(2)20(25-11-6-4-5-7-12-25)15-24-21(22-3)23-14-18-10-13-26(16-18)19-8-9-19/h17-20H,4-16H2,1-3H3,(H2,22,23,24). The molecule has 0 spiro atoms. The zero-order valence-electron chi connectivity index (χ0n) is 17.3. The van der Waals surface area contributed by atoms with Crippen molar-refractivity contribution in [1.82, 2.24) is 20.4 Å². The van der Waals surface area contributed by atoms with E-state index in [2.05, 4.69) is 39.3 Å². The van der Waals surface area contributed by atoms with Gasteiger partial charge < -0.3 is 15.5 Å². The van der Waals surface area contributed by atoms with Crippen molar-refractivity contribution < 1.29 is 0 Å². The van der Waals surface area contributed by atoms with E-state index in [0.717, 1.165) is 31.0 Å². The summed E-state index contributed by atoms with van der Waals surface area (Å²) < 4.78 is 0. The molecular weight excluding hydrogens is 322 g/mol. The molecule has 2 heterocycles. The molecule has 1 aliphatic carbocycles. The predicted molar refractivity (Wildman–Crippen MR) is 111 cm³/mol. The first-order valence-corrected chi connectivity index (χ1v) is 11.1. The van der Waals surface area contributed by atoms with E-state index in [9.17, 15) is 0 Å². The van der Waals surface area contributed by atoms with E-state index in [1.807, 2.05) is 7.05 Å². The summed E-state index contributed by atoms with van der Waals surface area (Å²) in [6.07, 6.45) is 9.70. The van der Waals surface area contributed by atoms with E-state index in [4.69, 9.17) is 0 Å². The summed E-state index contributed by atoms with van der Waals surface area (Å²) >= 11 is 0. The first-order chi connectivity index (χ1) is 12.7. The maximum absolute atomic E-state index is 4.47. The Morgan fingerprint density at radius 1 is 1.00 bits per heavy atom. The maximum atomic E-state index is 4.47. The lowest BCUT2D eigenvalue weighted by Gasteiger charge is -2.34. The molecule has 0 aromatic rings. The van der Waals surface area contributed by atoms with Gasteiger partial charge in [0.15, 0.2) is 5.96 Å². The molecule has 2 atom stereocenters. The summed E-state index contributed by atoms with van der Waals surface area (Å²) in [5, 5.41) is 7.22. The molecule has 2 saturated heterocycles. The Hall–Kier alpha value is -0.810. The SMILES string of the molecule is CN=C(NCC1CCN(C2CC2)C1)NCC(C(C)C)N1CCCCCC1. The summed E-state index contributed by atoms with van der Waals surface area (Å²) in [5.41, 5.74) is 0. The van der Waals surface area contributed by atoms with Gasteiger partial charge in [-0.2, -0.15) is 0 Å². The number of likely N-dealkylation sites (tertiary alicyclic amines) is 2. The zero-order chi connectivity index (χ0) is 18.4. The quantitative estimate of drug-likeness (QED) is 0.539. The Morgan fingerprint density at radius 3 is 2.35 bits per heavy atom. The first kappa shape index (κ1) is 19.9. The van der Waals surface area contributed by atoms with Gasteiger partial charge in [0.05, 0.1) is 0 Å². The van der Waals surface area contributed by atoms with E-state index in [0.29, 0.717) is 12.0 Å². The van der Waals surface area contributed by atoms with Crippen molar-refractivity contribution in [2.75, 3.05) is 46.3 Å². The minimum atomic E-state index is 0.600. The highest BCUT2D eigenvalue weighted by molar-refractivity contribution is 5.79. The second-order valence-electron chi connectivity index (χ2n) is 8.98. The van der Waals surface area contributed by atoms with E-state index in [1.165, 1.54) is 71.1 Å². The van der Waals surface area contributed by atoms with Gasteiger partial charge in [0, 0.05) is 38.8 Å². The van der Waals surface area contributed by atoms with Crippen molar-refractivity contribution in [3.63, 3.8) is 0 Å². The predicted octanol–water partition coefficient (Wildman–Crippen LogP) is 2.54. The fourth-order valence-electron chi connectivity index (χ4n) is 4.68. The largest absolute Gasteiger partial charge is 0.356 e. The van der Waals surface area contributed by atoms with Crippen molar-refractivity contribution >= 4 is 5.96 Å². The van der Waals surface area contributed by atoms with Gasteiger partial charge >= 0.3 is 0 Å². The van der Waals surface area contributed by atoms with Crippen LogP contribution in [0.2, 0.25) is 0 Å². The number of nitrogens with zero attached hydrogens (tertiary/aromatic N) is 3. The molecule has 0 aromatic carbocycles. The van der Waals surface area contributed by atoms with Gasteiger partial charge in [0.2, 0.25) is 0 Å². The van der Waals surface area contributed by atoms with Crippen LogP contribution in [0.5, 0.6) is 0 Å². The number of nitrogens with one attached hydrogen (secondary N) is 2. The average Bonchev–Trinajstić information content (AvgIpc) is 3.42. The number of hydrogen-bond acceptors (Lipinski definition) is 3. The molecular formula is C21H41N5. The smallest absolute Gasteiger partial charge is 0.191 e. The summed E-state index contributed by atoms with van der Waals surface area (Å²) in [6.45, 7) is 11.9. The normalized spacial score (nSPS) is 27.5. The topological polar surface area (TPSA) is 42.9 Å². The van der Waals surface area contributed by atoms with Crippen LogP contribution in [0, 0.1) is 11.8 Å². The number of hydrogen-bond donors (Lipinski definition) is 2. The molecule has 2 unspecified atom stereocenters. The third-order valence-electron chi connectivity index (χ3n) is 6.52. The molecule has 3 aliphatic rings. The van der Waals surface area contributed by atoms with Crippen LogP contribution in [0.15, 0.2) is 4.99 Å². The highest BCUT2D eigenvalue weighted by Gasteiger charge is 2.34. The highest BCUT2D eigenvalue weighted by atomic mass is 15.2. The Kier molecular flexibility index (Phi) is 7.62. The Balaban J connectivity index is 1.41. The molecule has 2 N–H and O–H groups in total. The minimum Gasteiger partial charge on any atom is -0.356 e. The minimum absolute atomic E-state index is 0.600. The van der Waals surface area contributed by atoms with Crippen molar-refractivity contribution in [3.05, 3.63) is 0 Å². The average molecular weight is 364 g/mol. The number of guanidine groups is 1. The van der Waals surface area contributed by atoms with Crippen LogP contribution >= 0.6 is 0 Å². The molecule has 1 saturated carbocycles. The molecule has 2 aliphatic heterocycles. The lowest BCUT2D eigenvalue weighted by Crippen LogP contribution is -2.50. The van der Waals surface area contributed by atoms with Gasteiger partial charge in [0.1, 0.15) is 0 Å². The monoisotopic (exact) mass is 363 g/mol. The molecule has 3 fully saturated rings. The zero-order valence-corrected chi connectivity index (χ0v) is 17.3. The second kappa shape index (κ2) is 9.93. The Labute approximate surface area is 161 Å². The highest BCUT2D eigenvalue weighted by Crippen LogP contribution is 2.31. The molecule has 0 aromatic heterocycles. The van der Waals surface area contributed by atoms with Crippen molar-refractivity contribution in [1.29, 1.82) is 0 Å². The van der Waals surface area contributed by atoms with Crippen LogP contribution in [0.25, 0.3) is 0 Å². The van der Waals surface area contributed by atoms with E-state index in [-0.39, 0.29) is 0 Å². The molecule has 0 amide bonds. The molecule has 0 radical (unpaired) electrons. The van der Waals surface area contributed by atoms with E-state index >= 15 is 0 Å². The van der Waals surface area contributed by atoms with Gasteiger partial charge in [-0.3, -0.25) is 9.89 Å². The third-order valence-corrected chi connectivity index (χ3v) is 6.52. The third kappa shape index (κ3) is 5.85.